The fourth-order valence-electron chi connectivity index (χ4n) is 3.00. The van der Waals surface area contributed by atoms with Gasteiger partial charge in [0.2, 0.25) is 5.75 Å². The Bertz CT molecular complexity index is 886. The van der Waals surface area contributed by atoms with E-state index in [1.54, 1.807) is 7.11 Å². The summed E-state index contributed by atoms with van der Waals surface area (Å²) in [6.45, 7) is 8.10. The van der Waals surface area contributed by atoms with Crippen molar-refractivity contribution >= 4 is 11.9 Å². The first-order valence-corrected chi connectivity index (χ1v) is 10.6. The number of ether oxygens (including phenoxy) is 5. The molecule has 0 unspecified atom stereocenters. The molecule has 0 aliphatic heterocycles. The molecule has 0 aliphatic rings. The maximum Gasteiger partial charge on any atom is 0.338 e. The third kappa shape index (κ3) is 6.80. The molecule has 0 saturated carbocycles. The minimum absolute atomic E-state index is 0.203. The van der Waals surface area contributed by atoms with Crippen LogP contribution in [-0.2, 0) is 9.53 Å². The lowest BCUT2D eigenvalue weighted by atomic mass is 10.1. The van der Waals surface area contributed by atoms with Crippen LogP contribution in [0.3, 0.4) is 0 Å². The summed E-state index contributed by atoms with van der Waals surface area (Å²) in [6.07, 6.45) is 0. The van der Waals surface area contributed by atoms with Crippen molar-refractivity contribution in [3.8, 4) is 23.0 Å². The molecular formula is C24H31NO7. The van der Waals surface area contributed by atoms with Gasteiger partial charge in [-0.05, 0) is 57.5 Å². The highest BCUT2D eigenvalue weighted by Crippen LogP contribution is 2.39. The SMILES string of the molecule is CCOc1cc(C(=O)OCC(=O)N[C@@H](C)c2cccc(OC)c2)cc(OCC)c1OCC. The zero-order chi connectivity index (χ0) is 23.5. The van der Waals surface area contributed by atoms with Crippen molar-refractivity contribution in [2.24, 2.45) is 0 Å². The van der Waals surface area contributed by atoms with Gasteiger partial charge in [-0.3, -0.25) is 4.79 Å². The van der Waals surface area contributed by atoms with Gasteiger partial charge in [0, 0.05) is 0 Å². The van der Waals surface area contributed by atoms with Gasteiger partial charge < -0.3 is 29.0 Å². The van der Waals surface area contributed by atoms with E-state index in [-0.39, 0.29) is 11.6 Å². The van der Waals surface area contributed by atoms with Gasteiger partial charge in [0.1, 0.15) is 5.75 Å². The Morgan fingerprint density at radius 2 is 1.56 bits per heavy atom. The molecule has 0 aliphatic carbocycles. The summed E-state index contributed by atoms with van der Waals surface area (Å²) in [6, 6.07) is 10.1. The predicted molar refractivity (Wildman–Crippen MR) is 120 cm³/mol. The fraction of sp³-hybridized carbons (Fsp3) is 0.417. The predicted octanol–water partition coefficient (Wildman–Crippen LogP) is 3.93. The Labute approximate surface area is 188 Å². The second-order valence-corrected chi connectivity index (χ2v) is 6.74. The lowest BCUT2D eigenvalue weighted by Crippen LogP contribution is -2.31. The van der Waals surface area contributed by atoms with Crippen LogP contribution in [-0.4, -0.2) is 45.4 Å². The van der Waals surface area contributed by atoms with Gasteiger partial charge in [-0.2, -0.15) is 0 Å². The standard InChI is InChI=1S/C24H31NO7/c1-6-29-20-13-18(14-21(30-7-2)23(20)31-8-3)24(27)32-15-22(26)25-16(4)17-10-9-11-19(12-17)28-5/h9-14,16H,6-8,15H2,1-5H3,(H,25,26)/t16-/m0/s1. The van der Waals surface area contributed by atoms with Crippen LogP contribution >= 0.6 is 0 Å². The van der Waals surface area contributed by atoms with E-state index in [4.69, 9.17) is 23.7 Å². The van der Waals surface area contributed by atoms with Gasteiger partial charge in [0.15, 0.2) is 18.1 Å². The molecule has 0 radical (unpaired) electrons. The number of carbonyl (C=O) groups excluding carboxylic acids is 2. The molecule has 0 saturated heterocycles. The van der Waals surface area contributed by atoms with Crippen LogP contribution in [0.25, 0.3) is 0 Å². The van der Waals surface area contributed by atoms with E-state index >= 15 is 0 Å². The third-order valence-electron chi connectivity index (χ3n) is 4.45. The number of esters is 1. The van der Waals surface area contributed by atoms with Gasteiger partial charge in [-0.25, -0.2) is 4.79 Å². The molecule has 1 amide bonds. The van der Waals surface area contributed by atoms with E-state index in [0.29, 0.717) is 42.8 Å². The lowest BCUT2D eigenvalue weighted by molar-refractivity contribution is -0.124. The van der Waals surface area contributed by atoms with Gasteiger partial charge in [-0.1, -0.05) is 12.1 Å². The Morgan fingerprint density at radius 1 is 0.938 bits per heavy atom. The number of carbonyl (C=O) groups is 2. The normalized spacial score (nSPS) is 11.3. The average Bonchev–Trinajstić information content (AvgIpc) is 2.79. The van der Waals surface area contributed by atoms with Crippen molar-refractivity contribution in [2.75, 3.05) is 33.5 Å². The Morgan fingerprint density at radius 3 is 2.12 bits per heavy atom. The summed E-state index contributed by atoms with van der Waals surface area (Å²) in [4.78, 5) is 24.9. The van der Waals surface area contributed by atoms with Crippen molar-refractivity contribution in [3.63, 3.8) is 0 Å². The van der Waals surface area contributed by atoms with Crippen molar-refractivity contribution in [3.05, 3.63) is 47.5 Å². The van der Waals surface area contributed by atoms with Crippen LogP contribution in [0.4, 0.5) is 0 Å². The smallest absolute Gasteiger partial charge is 0.338 e. The number of benzene rings is 2. The molecule has 0 spiro atoms. The van der Waals surface area contributed by atoms with Crippen molar-refractivity contribution in [2.45, 2.75) is 33.7 Å². The van der Waals surface area contributed by atoms with E-state index in [1.165, 1.54) is 12.1 Å². The molecule has 1 N–H and O–H groups in total. The van der Waals surface area contributed by atoms with E-state index in [9.17, 15) is 9.59 Å². The number of nitrogens with one attached hydrogen (secondary N) is 1. The van der Waals surface area contributed by atoms with E-state index < -0.39 is 18.5 Å². The molecule has 2 rings (SSSR count). The zero-order valence-electron chi connectivity index (χ0n) is 19.2. The first-order valence-electron chi connectivity index (χ1n) is 10.6. The molecule has 0 heterocycles. The Kier molecular flexibility index (Phi) is 9.66. The highest BCUT2D eigenvalue weighted by Gasteiger charge is 2.20. The second kappa shape index (κ2) is 12.4. The molecule has 174 valence electrons. The van der Waals surface area contributed by atoms with Gasteiger partial charge in [0.05, 0.1) is 38.5 Å². The fourth-order valence-corrected chi connectivity index (χ4v) is 3.00. The largest absolute Gasteiger partial charge is 0.497 e. The second-order valence-electron chi connectivity index (χ2n) is 6.74. The van der Waals surface area contributed by atoms with Gasteiger partial charge in [-0.15, -0.1) is 0 Å². The summed E-state index contributed by atoms with van der Waals surface area (Å²) in [7, 11) is 1.58. The van der Waals surface area contributed by atoms with Gasteiger partial charge in [0.25, 0.3) is 5.91 Å². The number of methoxy groups -OCH3 is 1. The highest BCUT2D eigenvalue weighted by molar-refractivity contribution is 5.92. The maximum atomic E-state index is 12.6. The van der Waals surface area contributed by atoms with Crippen LogP contribution < -0.4 is 24.3 Å². The van der Waals surface area contributed by atoms with Gasteiger partial charge >= 0.3 is 5.97 Å². The molecule has 2 aromatic carbocycles. The molecule has 1 atom stereocenters. The number of hydrogen-bond donors (Lipinski definition) is 1. The molecular weight excluding hydrogens is 414 g/mol. The summed E-state index contributed by atoms with van der Waals surface area (Å²) in [5.41, 5.74) is 1.08. The molecule has 0 aromatic heterocycles. The summed E-state index contributed by atoms with van der Waals surface area (Å²) in [5, 5.41) is 2.80. The summed E-state index contributed by atoms with van der Waals surface area (Å²) < 4.78 is 27.3. The lowest BCUT2D eigenvalue weighted by Gasteiger charge is -2.17. The maximum absolute atomic E-state index is 12.6. The Hall–Kier alpha value is -3.42. The molecule has 2 aromatic rings. The van der Waals surface area contributed by atoms with Crippen molar-refractivity contribution < 1.29 is 33.3 Å². The molecule has 8 nitrogen and oxygen atoms in total. The Balaban J connectivity index is 2.06. The van der Waals surface area contributed by atoms with E-state index in [2.05, 4.69) is 5.32 Å². The third-order valence-corrected chi connectivity index (χ3v) is 4.45. The first kappa shape index (κ1) is 24.8. The highest BCUT2D eigenvalue weighted by atomic mass is 16.5. The molecule has 8 heteroatoms. The van der Waals surface area contributed by atoms with Crippen LogP contribution in [0.5, 0.6) is 23.0 Å². The van der Waals surface area contributed by atoms with Crippen LogP contribution in [0.15, 0.2) is 36.4 Å². The molecule has 0 bridgehead atoms. The van der Waals surface area contributed by atoms with Crippen LogP contribution in [0, 0.1) is 0 Å². The van der Waals surface area contributed by atoms with E-state index in [0.717, 1.165) is 5.56 Å². The number of rotatable bonds is 12. The zero-order valence-corrected chi connectivity index (χ0v) is 19.2. The summed E-state index contributed by atoms with van der Waals surface area (Å²) in [5.74, 6) is 0.791. The molecule has 32 heavy (non-hydrogen) atoms. The number of amides is 1. The minimum atomic E-state index is -0.667. The van der Waals surface area contributed by atoms with E-state index in [1.807, 2.05) is 52.0 Å². The molecule has 0 fully saturated rings. The topological polar surface area (TPSA) is 92.3 Å². The number of hydrogen-bond acceptors (Lipinski definition) is 7. The average molecular weight is 446 g/mol. The quantitative estimate of drug-likeness (QED) is 0.495. The minimum Gasteiger partial charge on any atom is -0.497 e. The van der Waals surface area contributed by atoms with Crippen molar-refractivity contribution in [1.29, 1.82) is 0 Å². The monoisotopic (exact) mass is 445 g/mol. The van der Waals surface area contributed by atoms with Crippen LogP contribution in [0.2, 0.25) is 0 Å². The summed E-state index contributed by atoms with van der Waals surface area (Å²) >= 11 is 0. The first-order chi connectivity index (χ1) is 15.4. The van der Waals surface area contributed by atoms with Crippen LogP contribution in [0.1, 0.15) is 49.7 Å². The van der Waals surface area contributed by atoms with Crippen molar-refractivity contribution in [1.82, 2.24) is 5.32 Å².